The van der Waals surface area contributed by atoms with Crippen LogP contribution in [0, 0.1) is 22.7 Å². The van der Waals surface area contributed by atoms with Crippen LogP contribution in [-0.4, -0.2) is 75.3 Å². The smallest absolute Gasteiger partial charge is 0.416 e. The van der Waals surface area contributed by atoms with E-state index in [0.29, 0.717) is 35.3 Å². The Balaban J connectivity index is 0.00000937. The number of carbonyl (C=O) groups excluding carboxylic acids is 4. The number of rotatable bonds is 18. The van der Waals surface area contributed by atoms with Gasteiger partial charge in [0, 0.05) is 36.6 Å². The van der Waals surface area contributed by atoms with E-state index in [1.54, 1.807) is 56.8 Å². The molecule has 23 heteroatoms. The number of anilines is 2. The lowest BCUT2D eigenvalue weighted by Gasteiger charge is -2.43. The van der Waals surface area contributed by atoms with Gasteiger partial charge in [0.15, 0.2) is 0 Å². The van der Waals surface area contributed by atoms with E-state index in [-0.39, 0.29) is 101 Å². The number of nitriles is 2. The van der Waals surface area contributed by atoms with Gasteiger partial charge >= 0.3 is 36.4 Å². The SMILES string of the molecule is CCOC(=O)C1=C(CBr)N(c2cccc(C(F)(F)F)c2)C(=O)N(CCCn2cc[n+](CCCN3C(=O)N(c4cccc(C(F)(F)F)c4)C(CBr)=C(C(=O)OCC)[C@H]3c3ccc(C#N)cc3)c2)[C@@H]1c1ccc(C#N)cc1.[Br-]. The molecule has 0 unspecified atom stereocenters. The summed E-state index contributed by atoms with van der Waals surface area (Å²) in [6, 6.07) is 21.5. The van der Waals surface area contributed by atoms with Crippen molar-refractivity contribution in [1.29, 1.82) is 10.5 Å². The molecule has 398 valence electrons. The highest BCUT2D eigenvalue weighted by molar-refractivity contribution is 9.09. The quantitative estimate of drug-likeness (QED) is 0.0369. The molecule has 4 aromatic carbocycles. The van der Waals surface area contributed by atoms with Gasteiger partial charge in [0.25, 0.3) is 0 Å². The number of hydrogen-bond acceptors (Lipinski definition) is 8. The standard InChI is InChI=1S/C53H47Br2F6N8O6.BrH/c1-3-74-48(70)44-42(29-54)68(40-11-5-9-38(27-40)52(56,57)58)50(72)66(46(44)36-17-13-34(31-62)14-18-36)23-7-21-64-25-26-65(33-64)22-8-24-67-47(37-19-15-35(32-63)16-20-37)45(49(71)75-4-2)43(30-55)69(51(67)73)41-12-6-10-39(28-41)53(59,60)61;/h5-6,9-20,25-28,33,46-47H,3-4,7-8,21-24,29-30H2,1-2H3;1H/q+1;/p-1/t46-,47-;/m1./s1. The lowest BCUT2D eigenvalue weighted by atomic mass is 9.92. The molecule has 0 aliphatic carbocycles. The molecule has 0 bridgehead atoms. The molecular weight excluding hydrogens is 1200 g/mol. The van der Waals surface area contributed by atoms with Crippen molar-refractivity contribution >= 4 is 67.2 Å². The number of aryl methyl sites for hydroxylation is 2. The molecule has 0 saturated heterocycles. The number of aromatic nitrogens is 2. The predicted molar refractivity (Wildman–Crippen MR) is 269 cm³/mol. The van der Waals surface area contributed by atoms with E-state index in [1.807, 2.05) is 21.3 Å². The number of ether oxygens (including phenoxy) is 2. The largest absolute Gasteiger partial charge is 1.00 e. The Hall–Kier alpha value is -6.95. The van der Waals surface area contributed by atoms with Gasteiger partial charge in [-0.15, -0.1) is 0 Å². The number of amides is 4. The maximum atomic E-state index is 14.8. The number of esters is 2. The molecule has 7 rings (SSSR count). The molecule has 4 amide bonds. The van der Waals surface area contributed by atoms with Gasteiger partial charge in [-0.2, -0.15) is 36.9 Å². The summed E-state index contributed by atoms with van der Waals surface area (Å²) in [6.07, 6.45) is -3.65. The molecule has 5 aromatic rings. The highest BCUT2D eigenvalue weighted by atomic mass is 79.9. The minimum Gasteiger partial charge on any atom is -1.00 e. The molecule has 14 nitrogen and oxygen atoms in total. The van der Waals surface area contributed by atoms with E-state index in [2.05, 4.69) is 31.9 Å². The van der Waals surface area contributed by atoms with Crippen LogP contribution in [0.15, 0.2) is 138 Å². The minimum absolute atomic E-state index is 0. The molecule has 3 heterocycles. The molecule has 76 heavy (non-hydrogen) atoms. The van der Waals surface area contributed by atoms with Crippen molar-refractivity contribution in [2.75, 3.05) is 46.8 Å². The fourth-order valence-corrected chi connectivity index (χ4v) is 10.2. The summed E-state index contributed by atoms with van der Waals surface area (Å²) >= 11 is 6.77. The van der Waals surface area contributed by atoms with Gasteiger partial charge in [0.2, 0.25) is 6.33 Å². The number of hydrogen-bond donors (Lipinski definition) is 0. The van der Waals surface area contributed by atoms with Crippen molar-refractivity contribution in [1.82, 2.24) is 14.4 Å². The molecular formula is C53H47Br3F6N8O6. The Morgan fingerprint density at radius 2 is 1.07 bits per heavy atom. The number of benzene rings is 4. The van der Waals surface area contributed by atoms with E-state index in [4.69, 9.17) is 9.47 Å². The average Bonchev–Trinajstić information content (AvgIpc) is 3.86. The van der Waals surface area contributed by atoms with Crippen LogP contribution in [0.2, 0.25) is 0 Å². The minimum atomic E-state index is -4.74. The van der Waals surface area contributed by atoms with Crippen molar-refractivity contribution in [3.05, 3.63) is 172 Å². The maximum absolute atomic E-state index is 14.8. The fraction of sp³-hybridized carbons (Fsp3) is 0.302. The van der Waals surface area contributed by atoms with Gasteiger partial charge in [-0.25, -0.2) is 28.3 Å². The highest BCUT2D eigenvalue weighted by Gasteiger charge is 2.46. The zero-order valence-corrected chi connectivity index (χ0v) is 45.4. The normalized spacial score (nSPS) is 16.1. The molecule has 0 fully saturated rings. The van der Waals surface area contributed by atoms with Crippen molar-refractivity contribution in [3.8, 4) is 12.1 Å². The molecule has 0 radical (unpaired) electrons. The first-order chi connectivity index (χ1) is 35.9. The summed E-state index contributed by atoms with van der Waals surface area (Å²) < 4.78 is 98.9. The van der Waals surface area contributed by atoms with Gasteiger partial charge in [-0.1, -0.05) is 68.3 Å². The first kappa shape index (κ1) is 58.3. The van der Waals surface area contributed by atoms with Crippen LogP contribution >= 0.6 is 31.9 Å². The van der Waals surface area contributed by atoms with Gasteiger partial charge in [-0.3, -0.25) is 9.80 Å². The second kappa shape index (κ2) is 25.3. The van der Waals surface area contributed by atoms with Gasteiger partial charge in [0.05, 0.1) is 107 Å². The number of nitrogens with zero attached hydrogens (tertiary/aromatic N) is 8. The average molecular weight is 1250 g/mol. The van der Waals surface area contributed by atoms with Crippen molar-refractivity contribution < 1.29 is 76.5 Å². The fourth-order valence-electron chi connectivity index (χ4n) is 9.07. The van der Waals surface area contributed by atoms with Crippen LogP contribution in [0.4, 0.5) is 47.3 Å². The summed E-state index contributed by atoms with van der Waals surface area (Å²) in [5.74, 6) is -1.59. The number of halogens is 9. The summed E-state index contributed by atoms with van der Waals surface area (Å²) in [5, 5.41) is 18.9. The summed E-state index contributed by atoms with van der Waals surface area (Å²) in [4.78, 5) is 62.5. The number of imidazole rings is 1. The second-order valence-electron chi connectivity index (χ2n) is 17.0. The molecule has 2 aliphatic heterocycles. The third-order valence-electron chi connectivity index (χ3n) is 12.4. The molecule has 2 atom stereocenters. The maximum Gasteiger partial charge on any atom is 0.416 e. The van der Waals surface area contributed by atoms with E-state index in [1.165, 1.54) is 58.3 Å². The van der Waals surface area contributed by atoms with E-state index < -0.39 is 59.6 Å². The summed E-state index contributed by atoms with van der Waals surface area (Å²) in [7, 11) is 0. The van der Waals surface area contributed by atoms with Crippen LogP contribution in [0.1, 0.15) is 72.2 Å². The molecule has 0 saturated carbocycles. The topological polar surface area (TPSA) is 156 Å². The lowest BCUT2D eigenvalue weighted by Crippen LogP contribution is -3.00. The Kier molecular flexibility index (Phi) is 19.4. The van der Waals surface area contributed by atoms with E-state index in [9.17, 15) is 56.0 Å². The third-order valence-corrected chi connectivity index (χ3v) is 13.5. The van der Waals surface area contributed by atoms with Crippen molar-refractivity contribution in [2.45, 2.75) is 64.2 Å². The van der Waals surface area contributed by atoms with Crippen LogP contribution in [0.25, 0.3) is 0 Å². The van der Waals surface area contributed by atoms with E-state index >= 15 is 0 Å². The van der Waals surface area contributed by atoms with Gasteiger partial charge < -0.3 is 36.3 Å². The molecule has 0 N–H and O–H groups in total. The third kappa shape index (κ3) is 12.7. The Labute approximate surface area is 461 Å². The molecule has 1 aromatic heterocycles. The van der Waals surface area contributed by atoms with Crippen LogP contribution in [0.5, 0.6) is 0 Å². The molecule has 2 aliphatic rings. The van der Waals surface area contributed by atoms with Crippen molar-refractivity contribution in [3.63, 3.8) is 0 Å². The predicted octanol–water partition coefficient (Wildman–Crippen LogP) is 8.13. The Morgan fingerprint density at radius 3 is 1.45 bits per heavy atom. The first-order valence-corrected chi connectivity index (χ1v) is 25.7. The van der Waals surface area contributed by atoms with Crippen LogP contribution in [0.3, 0.4) is 0 Å². The number of alkyl halides is 8. The monoisotopic (exact) mass is 1240 g/mol. The van der Waals surface area contributed by atoms with Gasteiger partial charge in [-0.05, 0) is 85.6 Å². The van der Waals surface area contributed by atoms with Gasteiger partial charge in [0.1, 0.15) is 12.4 Å². The Bertz CT molecular complexity index is 2890. The zero-order chi connectivity index (χ0) is 54.2. The zero-order valence-electron chi connectivity index (χ0n) is 40.6. The van der Waals surface area contributed by atoms with Crippen LogP contribution < -0.4 is 31.3 Å². The highest BCUT2D eigenvalue weighted by Crippen LogP contribution is 2.44. The van der Waals surface area contributed by atoms with Crippen molar-refractivity contribution in [2.24, 2.45) is 0 Å². The number of allylic oxidation sites excluding steroid dienone is 2. The Morgan fingerprint density at radius 1 is 0.645 bits per heavy atom. The van der Waals surface area contributed by atoms with E-state index in [0.717, 1.165) is 34.1 Å². The molecule has 0 spiro atoms. The number of urea groups is 2. The summed E-state index contributed by atoms with van der Waals surface area (Å²) in [5.41, 5.74) is -0.578. The second-order valence-corrected chi connectivity index (χ2v) is 18.1. The van der Waals surface area contributed by atoms with Crippen LogP contribution in [-0.2, 0) is 44.5 Å². The lowest BCUT2D eigenvalue weighted by molar-refractivity contribution is -0.696. The summed E-state index contributed by atoms with van der Waals surface area (Å²) in [6.45, 7) is 3.67. The number of carbonyl (C=O) groups is 4. The first-order valence-electron chi connectivity index (χ1n) is 23.4.